The van der Waals surface area contributed by atoms with Crippen LogP contribution >= 0.6 is 59.4 Å². The van der Waals surface area contributed by atoms with Gasteiger partial charge in [0.25, 0.3) is 5.91 Å². The van der Waals surface area contributed by atoms with Crippen LogP contribution in [0.1, 0.15) is 10.4 Å². The second kappa shape index (κ2) is 6.35. The smallest absolute Gasteiger partial charge is 0.257 e. The van der Waals surface area contributed by atoms with Crippen LogP contribution in [0.25, 0.3) is 0 Å². The number of rotatable bonds is 2. The summed E-state index contributed by atoms with van der Waals surface area (Å²) in [6.07, 6.45) is 2.95. The maximum atomic E-state index is 12.1. The van der Waals surface area contributed by atoms with E-state index in [2.05, 4.69) is 58.1 Å². The Balaban J connectivity index is 2.32. The molecule has 0 radical (unpaired) electrons. The summed E-state index contributed by atoms with van der Waals surface area (Å²) >= 11 is 16.1. The lowest BCUT2D eigenvalue weighted by molar-refractivity contribution is 0.102. The molecule has 0 saturated heterocycles. The minimum absolute atomic E-state index is 0.295. The Hall–Kier alpha value is -0.430. The number of hydrogen-bond donors (Lipinski definition) is 1. The van der Waals surface area contributed by atoms with Gasteiger partial charge in [0.15, 0.2) is 0 Å². The molecule has 2 rings (SSSR count). The molecular formula is C12H6Br3ClN2O. The molecule has 0 aliphatic heterocycles. The second-order valence-electron chi connectivity index (χ2n) is 3.55. The van der Waals surface area contributed by atoms with E-state index in [1.54, 1.807) is 6.07 Å². The summed E-state index contributed by atoms with van der Waals surface area (Å²) in [5.41, 5.74) is 1.01. The summed E-state index contributed by atoms with van der Waals surface area (Å²) < 4.78 is 2.41. The zero-order chi connectivity index (χ0) is 14.0. The average Bonchev–Trinajstić information content (AvgIpc) is 2.34. The summed E-state index contributed by atoms with van der Waals surface area (Å²) in [5.74, 6) is -0.295. The van der Waals surface area contributed by atoms with Gasteiger partial charge in [-0.2, -0.15) is 0 Å². The van der Waals surface area contributed by atoms with E-state index in [0.717, 1.165) is 13.4 Å². The van der Waals surface area contributed by atoms with E-state index in [0.29, 0.717) is 16.3 Å². The van der Waals surface area contributed by atoms with Gasteiger partial charge in [-0.15, -0.1) is 0 Å². The Bertz CT molecular complexity index is 626. The van der Waals surface area contributed by atoms with E-state index in [1.165, 1.54) is 12.4 Å². The number of amides is 1. The molecule has 19 heavy (non-hydrogen) atoms. The lowest BCUT2D eigenvalue weighted by Crippen LogP contribution is -2.13. The monoisotopic (exact) mass is 466 g/mol. The quantitative estimate of drug-likeness (QED) is 0.651. The van der Waals surface area contributed by atoms with Crippen LogP contribution in [-0.4, -0.2) is 10.9 Å². The molecule has 0 saturated carbocycles. The van der Waals surface area contributed by atoms with Crippen molar-refractivity contribution in [1.29, 1.82) is 0 Å². The van der Waals surface area contributed by atoms with Crippen molar-refractivity contribution in [2.45, 2.75) is 0 Å². The third-order valence-corrected chi connectivity index (χ3v) is 4.27. The molecule has 1 aromatic carbocycles. The van der Waals surface area contributed by atoms with Crippen molar-refractivity contribution in [1.82, 2.24) is 4.98 Å². The third-order valence-electron chi connectivity index (χ3n) is 2.26. The third kappa shape index (κ3) is 3.56. The van der Waals surface area contributed by atoms with Gasteiger partial charge >= 0.3 is 0 Å². The number of carbonyl (C=O) groups excluding carboxylic acids is 1. The molecule has 0 spiro atoms. The van der Waals surface area contributed by atoms with Gasteiger partial charge in [-0.25, -0.2) is 0 Å². The van der Waals surface area contributed by atoms with Gasteiger partial charge in [0.05, 0.1) is 16.3 Å². The number of benzene rings is 1. The first kappa shape index (κ1) is 15.0. The summed E-state index contributed by atoms with van der Waals surface area (Å²) in [6.45, 7) is 0. The zero-order valence-electron chi connectivity index (χ0n) is 9.25. The van der Waals surface area contributed by atoms with Gasteiger partial charge in [-0.05, 0) is 50.1 Å². The van der Waals surface area contributed by atoms with Crippen molar-refractivity contribution in [2.24, 2.45) is 0 Å². The van der Waals surface area contributed by atoms with Crippen molar-refractivity contribution in [3.8, 4) is 0 Å². The number of carbonyl (C=O) groups is 1. The molecule has 98 valence electrons. The van der Waals surface area contributed by atoms with Crippen LogP contribution in [0.15, 0.2) is 44.0 Å². The number of pyridine rings is 1. The van der Waals surface area contributed by atoms with Crippen molar-refractivity contribution in [3.63, 3.8) is 0 Å². The van der Waals surface area contributed by atoms with Crippen molar-refractivity contribution in [3.05, 3.63) is 54.6 Å². The summed E-state index contributed by atoms with van der Waals surface area (Å²) in [4.78, 5) is 16.0. The van der Waals surface area contributed by atoms with Gasteiger partial charge < -0.3 is 5.32 Å². The molecule has 0 unspecified atom stereocenters. The molecule has 7 heteroatoms. The molecule has 1 aromatic heterocycles. The van der Waals surface area contributed by atoms with Crippen LogP contribution in [0.2, 0.25) is 5.02 Å². The molecule has 0 aliphatic rings. The number of hydrogen-bond acceptors (Lipinski definition) is 2. The van der Waals surface area contributed by atoms with Crippen LogP contribution in [0.3, 0.4) is 0 Å². The number of halogens is 4. The molecule has 3 nitrogen and oxygen atoms in total. The Morgan fingerprint density at radius 3 is 2.42 bits per heavy atom. The van der Waals surface area contributed by atoms with Crippen LogP contribution in [-0.2, 0) is 0 Å². The topological polar surface area (TPSA) is 42.0 Å². The lowest BCUT2D eigenvalue weighted by atomic mass is 10.2. The fourth-order valence-electron chi connectivity index (χ4n) is 1.40. The average molecular weight is 469 g/mol. The van der Waals surface area contributed by atoms with Crippen LogP contribution in [0, 0.1) is 0 Å². The van der Waals surface area contributed by atoms with E-state index < -0.39 is 0 Å². The normalized spacial score (nSPS) is 10.3. The van der Waals surface area contributed by atoms with Gasteiger partial charge in [-0.3, -0.25) is 9.78 Å². The highest BCUT2D eigenvalue weighted by molar-refractivity contribution is 9.11. The number of aromatic nitrogens is 1. The van der Waals surface area contributed by atoms with Crippen LogP contribution in [0.5, 0.6) is 0 Å². The molecule has 0 aliphatic carbocycles. The molecule has 1 heterocycles. The number of nitrogens with one attached hydrogen (secondary N) is 1. The summed E-state index contributed by atoms with van der Waals surface area (Å²) in [7, 11) is 0. The largest absolute Gasteiger partial charge is 0.320 e. The van der Waals surface area contributed by atoms with Gasteiger partial charge in [-0.1, -0.05) is 27.5 Å². The van der Waals surface area contributed by atoms with Crippen molar-refractivity contribution >= 4 is 71.0 Å². The Kier molecular flexibility index (Phi) is 5.00. The first-order chi connectivity index (χ1) is 8.99. The molecule has 1 amide bonds. The van der Waals surface area contributed by atoms with E-state index in [-0.39, 0.29) is 5.91 Å². The number of nitrogens with zero attached hydrogens (tertiary/aromatic N) is 1. The number of anilines is 1. The zero-order valence-corrected chi connectivity index (χ0v) is 14.8. The van der Waals surface area contributed by atoms with Gasteiger partial charge in [0.2, 0.25) is 0 Å². The summed E-state index contributed by atoms with van der Waals surface area (Å²) in [5, 5.41) is 3.11. The molecule has 0 bridgehead atoms. The standard InChI is InChI=1S/C12H6Br3ClN2O/c13-6-3-8(14)11(9(15)4-6)18-12(19)7-1-2-17-5-10(7)16/h1-5H,(H,18,19). The molecule has 0 atom stereocenters. The fourth-order valence-corrected chi connectivity index (χ4v) is 4.06. The first-order valence-corrected chi connectivity index (χ1v) is 7.80. The molecule has 2 aromatic rings. The Morgan fingerprint density at radius 1 is 1.21 bits per heavy atom. The maximum absolute atomic E-state index is 12.1. The SMILES string of the molecule is O=C(Nc1c(Br)cc(Br)cc1Br)c1ccncc1Cl. The molecular weight excluding hydrogens is 463 g/mol. The first-order valence-electron chi connectivity index (χ1n) is 5.04. The minimum atomic E-state index is -0.295. The fraction of sp³-hybridized carbons (Fsp3) is 0. The van der Waals surface area contributed by atoms with Crippen LogP contribution < -0.4 is 5.32 Å². The second-order valence-corrected chi connectivity index (χ2v) is 6.59. The lowest BCUT2D eigenvalue weighted by Gasteiger charge is -2.11. The molecule has 1 N–H and O–H groups in total. The van der Waals surface area contributed by atoms with E-state index >= 15 is 0 Å². The minimum Gasteiger partial charge on any atom is -0.320 e. The maximum Gasteiger partial charge on any atom is 0.257 e. The van der Waals surface area contributed by atoms with E-state index in [1.807, 2.05) is 12.1 Å². The van der Waals surface area contributed by atoms with Gasteiger partial charge in [0, 0.05) is 25.8 Å². The van der Waals surface area contributed by atoms with E-state index in [4.69, 9.17) is 11.6 Å². The Morgan fingerprint density at radius 2 is 1.84 bits per heavy atom. The highest BCUT2D eigenvalue weighted by atomic mass is 79.9. The summed E-state index contributed by atoms with van der Waals surface area (Å²) in [6, 6.07) is 5.25. The predicted molar refractivity (Wildman–Crippen MR) is 86.7 cm³/mol. The predicted octanol–water partition coefficient (Wildman–Crippen LogP) is 5.27. The van der Waals surface area contributed by atoms with Crippen LogP contribution in [0.4, 0.5) is 5.69 Å². The van der Waals surface area contributed by atoms with Gasteiger partial charge in [0.1, 0.15) is 0 Å². The highest BCUT2D eigenvalue weighted by Gasteiger charge is 2.14. The molecule has 0 fully saturated rings. The van der Waals surface area contributed by atoms with E-state index in [9.17, 15) is 4.79 Å². The Labute approximate surface area is 140 Å². The van der Waals surface area contributed by atoms with Crippen molar-refractivity contribution < 1.29 is 4.79 Å². The highest BCUT2D eigenvalue weighted by Crippen LogP contribution is 2.34. The van der Waals surface area contributed by atoms with Crippen molar-refractivity contribution in [2.75, 3.05) is 5.32 Å².